The van der Waals surface area contributed by atoms with E-state index in [1.54, 1.807) is 12.4 Å². The molecule has 13 heavy (non-hydrogen) atoms. The molecule has 0 atom stereocenters. The molecule has 63 valence electrons. The Morgan fingerprint density at radius 3 is 2.85 bits per heavy atom. The minimum absolute atomic E-state index is 0.797. The zero-order valence-electron chi connectivity index (χ0n) is 7.36. The predicted octanol–water partition coefficient (Wildman–Crippen LogP) is 2.25. The lowest BCUT2D eigenvalue weighted by Gasteiger charge is -1.99. The molecule has 0 aliphatic carbocycles. The van der Waals surface area contributed by atoms with Crippen LogP contribution in [-0.4, -0.2) is 9.97 Å². The SMILES string of the molecule is Cc1cccc(-c2[c]nccn2)c1. The second-order valence-corrected chi connectivity index (χ2v) is 2.89. The monoisotopic (exact) mass is 169 g/mol. The van der Waals surface area contributed by atoms with E-state index >= 15 is 0 Å². The summed E-state index contributed by atoms with van der Waals surface area (Å²) in [6.45, 7) is 2.06. The maximum absolute atomic E-state index is 4.17. The minimum atomic E-state index is 0.797. The van der Waals surface area contributed by atoms with Gasteiger partial charge >= 0.3 is 0 Å². The summed E-state index contributed by atoms with van der Waals surface area (Å²) in [6, 6.07) is 8.14. The van der Waals surface area contributed by atoms with Gasteiger partial charge in [-0.1, -0.05) is 23.8 Å². The Labute approximate surface area is 77.3 Å². The van der Waals surface area contributed by atoms with Crippen LogP contribution in [0.25, 0.3) is 11.3 Å². The van der Waals surface area contributed by atoms with Crippen molar-refractivity contribution in [1.82, 2.24) is 9.97 Å². The van der Waals surface area contributed by atoms with Crippen LogP contribution in [0, 0.1) is 13.1 Å². The van der Waals surface area contributed by atoms with Gasteiger partial charge in [-0.2, -0.15) is 0 Å². The van der Waals surface area contributed by atoms with Gasteiger partial charge in [0.2, 0.25) is 0 Å². The van der Waals surface area contributed by atoms with Gasteiger partial charge < -0.3 is 0 Å². The largest absolute Gasteiger partial charge is 0.252 e. The van der Waals surface area contributed by atoms with Gasteiger partial charge in [0.15, 0.2) is 0 Å². The average molecular weight is 169 g/mol. The molecule has 0 unspecified atom stereocenters. The van der Waals surface area contributed by atoms with Crippen molar-refractivity contribution in [2.75, 3.05) is 0 Å². The molecule has 1 radical (unpaired) electrons. The maximum atomic E-state index is 4.17. The van der Waals surface area contributed by atoms with E-state index in [0.29, 0.717) is 0 Å². The summed E-state index contributed by atoms with van der Waals surface area (Å²) in [7, 11) is 0. The molecule has 0 N–H and O–H groups in total. The quantitative estimate of drug-likeness (QED) is 0.654. The van der Waals surface area contributed by atoms with Crippen LogP contribution < -0.4 is 0 Å². The minimum Gasteiger partial charge on any atom is -0.252 e. The third-order valence-electron chi connectivity index (χ3n) is 1.81. The maximum Gasteiger partial charge on any atom is 0.117 e. The number of hydrogen-bond donors (Lipinski definition) is 0. The van der Waals surface area contributed by atoms with Crippen molar-refractivity contribution in [2.24, 2.45) is 0 Å². The molecule has 0 aliphatic rings. The zero-order valence-corrected chi connectivity index (χ0v) is 7.36. The van der Waals surface area contributed by atoms with E-state index in [-0.39, 0.29) is 0 Å². The predicted molar refractivity (Wildman–Crippen MR) is 51.0 cm³/mol. The first-order valence-electron chi connectivity index (χ1n) is 4.12. The Morgan fingerprint density at radius 1 is 1.23 bits per heavy atom. The normalized spacial score (nSPS) is 9.92. The van der Waals surface area contributed by atoms with Gasteiger partial charge in [0.1, 0.15) is 6.20 Å². The van der Waals surface area contributed by atoms with Crippen molar-refractivity contribution < 1.29 is 0 Å². The lowest BCUT2D eigenvalue weighted by Crippen LogP contribution is -1.84. The summed E-state index contributed by atoms with van der Waals surface area (Å²) in [5.74, 6) is 0. The number of aryl methyl sites for hydroxylation is 1. The smallest absolute Gasteiger partial charge is 0.117 e. The lowest BCUT2D eigenvalue weighted by molar-refractivity contribution is 1.19. The molecule has 1 aromatic heterocycles. The average Bonchev–Trinajstić information content (AvgIpc) is 2.19. The molecule has 1 aromatic carbocycles. The molecule has 2 heteroatoms. The summed E-state index contributed by atoms with van der Waals surface area (Å²) in [5, 5.41) is 0. The molecular formula is C11H9N2. The second kappa shape index (κ2) is 3.35. The van der Waals surface area contributed by atoms with Crippen LogP contribution in [0.4, 0.5) is 0 Å². The summed E-state index contributed by atoms with van der Waals surface area (Å²) in [4.78, 5) is 8.08. The molecule has 0 amide bonds. The van der Waals surface area contributed by atoms with Crippen molar-refractivity contribution in [1.29, 1.82) is 0 Å². The molecule has 0 aliphatic heterocycles. The van der Waals surface area contributed by atoms with Crippen LogP contribution in [0.5, 0.6) is 0 Å². The van der Waals surface area contributed by atoms with Gasteiger partial charge in [0, 0.05) is 18.0 Å². The molecule has 2 rings (SSSR count). The van der Waals surface area contributed by atoms with Crippen molar-refractivity contribution in [2.45, 2.75) is 6.92 Å². The van der Waals surface area contributed by atoms with Crippen molar-refractivity contribution in [3.63, 3.8) is 0 Å². The van der Waals surface area contributed by atoms with Crippen LogP contribution in [0.2, 0.25) is 0 Å². The van der Waals surface area contributed by atoms with E-state index in [1.165, 1.54) is 5.56 Å². The number of rotatable bonds is 1. The van der Waals surface area contributed by atoms with E-state index in [1.807, 2.05) is 12.1 Å². The third kappa shape index (κ3) is 1.72. The van der Waals surface area contributed by atoms with E-state index in [9.17, 15) is 0 Å². The van der Waals surface area contributed by atoms with Crippen LogP contribution in [0.3, 0.4) is 0 Å². The van der Waals surface area contributed by atoms with E-state index in [0.717, 1.165) is 11.3 Å². The van der Waals surface area contributed by atoms with Gasteiger partial charge in [0.05, 0.1) is 5.69 Å². The lowest BCUT2D eigenvalue weighted by atomic mass is 10.1. The van der Waals surface area contributed by atoms with Gasteiger partial charge in [0.25, 0.3) is 0 Å². The first-order chi connectivity index (χ1) is 6.36. The Hall–Kier alpha value is -1.70. The first-order valence-corrected chi connectivity index (χ1v) is 4.12. The molecule has 0 saturated carbocycles. The third-order valence-corrected chi connectivity index (χ3v) is 1.81. The van der Waals surface area contributed by atoms with Crippen molar-refractivity contribution >= 4 is 0 Å². The Morgan fingerprint density at radius 2 is 2.15 bits per heavy atom. The number of aromatic nitrogens is 2. The topological polar surface area (TPSA) is 25.8 Å². The van der Waals surface area contributed by atoms with Crippen LogP contribution in [-0.2, 0) is 0 Å². The molecule has 0 fully saturated rings. The van der Waals surface area contributed by atoms with Crippen LogP contribution in [0.1, 0.15) is 5.56 Å². The van der Waals surface area contributed by atoms with Gasteiger partial charge in [-0.3, -0.25) is 9.97 Å². The second-order valence-electron chi connectivity index (χ2n) is 2.89. The molecule has 2 aromatic rings. The van der Waals surface area contributed by atoms with Crippen LogP contribution >= 0.6 is 0 Å². The Kier molecular flexibility index (Phi) is 2.04. The molecule has 0 saturated heterocycles. The number of nitrogens with zero attached hydrogens (tertiary/aromatic N) is 2. The van der Waals surface area contributed by atoms with Crippen molar-refractivity contribution in [3.8, 4) is 11.3 Å². The molecular weight excluding hydrogens is 160 g/mol. The van der Waals surface area contributed by atoms with E-state index in [4.69, 9.17) is 0 Å². The summed E-state index contributed by atoms with van der Waals surface area (Å²) >= 11 is 0. The standard InChI is InChI=1S/C11H9N2/c1-9-3-2-4-10(7-9)11-8-12-5-6-13-11/h2-7H,1H3. The Bertz CT molecular complexity index is 396. The highest BCUT2D eigenvalue weighted by Gasteiger charge is 1.97. The Balaban J connectivity index is 2.48. The van der Waals surface area contributed by atoms with Gasteiger partial charge in [-0.15, -0.1) is 0 Å². The summed E-state index contributed by atoms with van der Waals surface area (Å²) in [5.41, 5.74) is 3.08. The van der Waals surface area contributed by atoms with E-state index < -0.39 is 0 Å². The molecule has 2 nitrogen and oxygen atoms in total. The van der Waals surface area contributed by atoms with Crippen molar-refractivity contribution in [3.05, 3.63) is 48.4 Å². The van der Waals surface area contributed by atoms with Gasteiger partial charge in [-0.05, 0) is 13.0 Å². The summed E-state index contributed by atoms with van der Waals surface area (Å²) < 4.78 is 0. The fourth-order valence-corrected chi connectivity index (χ4v) is 1.20. The molecule has 0 spiro atoms. The highest BCUT2D eigenvalue weighted by atomic mass is 14.8. The van der Waals surface area contributed by atoms with E-state index in [2.05, 4.69) is 35.2 Å². The van der Waals surface area contributed by atoms with Crippen LogP contribution in [0.15, 0.2) is 36.7 Å². The molecule has 0 bridgehead atoms. The fraction of sp³-hybridized carbons (Fsp3) is 0.0909. The highest BCUT2D eigenvalue weighted by molar-refractivity contribution is 5.57. The number of benzene rings is 1. The molecule has 1 heterocycles. The highest BCUT2D eigenvalue weighted by Crippen LogP contribution is 2.15. The number of hydrogen-bond acceptors (Lipinski definition) is 2. The zero-order chi connectivity index (χ0) is 9.10. The summed E-state index contributed by atoms with van der Waals surface area (Å²) in [6.07, 6.45) is 6.15. The fourth-order valence-electron chi connectivity index (χ4n) is 1.20. The van der Waals surface area contributed by atoms with Gasteiger partial charge in [-0.25, -0.2) is 0 Å². The first kappa shape index (κ1) is 7.92.